The monoisotopic (exact) mass is 171 g/mol. The fourth-order valence-corrected chi connectivity index (χ4v) is 1.35. The van der Waals surface area contributed by atoms with Crippen molar-refractivity contribution in [2.75, 3.05) is 0 Å². The summed E-state index contributed by atoms with van der Waals surface area (Å²) in [4.78, 5) is 5.68. The maximum Gasteiger partial charge on any atom is 0.189 e. The number of allylic oxidation sites excluding steroid dienone is 4. The number of aliphatic imine (C=N–C) groups is 1. The third-order valence-corrected chi connectivity index (χ3v) is 2.09. The van der Waals surface area contributed by atoms with Crippen molar-refractivity contribution in [1.29, 1.82) is 5.26 Å². The predicted octanol–water partition coefficient (Wildman–Crippen LogP) is 1.58. The lowest BCUT2D eigenvalue weighted by Gasteiger charge is -2.07. The standard InChI is InChI=1S/C10H9N3/c1-8-2-4-9-10(5-3-8)13(6-11)7-12-9/h2-5,7,9H,1H3. The van der Waals surface area contributed by atoms with Crippen LogP contribution in [0.15, 0.2) is 40.6 Å². The molecule has 1 aliphatic carbocycles. The first-order valence-electron chi connectivity index (χ1n) is 4.10. The molecule has 3 heteroatoms. The summed E-state index contributed by atoms with van der Waals surface area (Å²) in [7, 11) is 0. The summed E-state index contributed by atoms with van der Waals surface area (Å²) in [5.41, 5.74) is 2.10. The molecule has 0 spiro atoms. The summed E-state index contributed by atoms with van der Waals surface area (Å²) in [5.74, 6) is 0. The maximum atomic E-state index is 8.76. The van der Waals surface area contributed by atoms with Crippen LogP contribution in [0.2, 0.25) is 0 Å². The van der Waals surface area contributed by atoms with E-state index in [9.17, 15) is 0 Å². The van der Waals surface area contributed by atoms with E-state index in [1.165, 1.54) is 10.5 Å². The van der Waals surface area contributed by atoms with Crippen molar-refractivity contribution in [3.8, 4) is 6.19 Å². The second-order valence-electron chi connectivity index (χ2n) is 3.04. The number of hydrogen-bond donors (Lipinski definition) is 0. The summed E-state index contributed by atoms with van der Waals surface area (Å²) >= 11 is 0. The molecule has 0 fully saturated rings. The first-order chi connectivity index (χ1) is 6.31. The van der Waals surface area contributed by atoms with E-state index >= 15 is 0 Å². The van der Waals surface area contributed by atoms with Gasteiger partial charge in [0.1, 0.15) is 12.4 Å². The van der Waals surface area contributed by atoms with Crippen LogP contribution >= 0.6 is 0 Å². The summed E-state index contributed by atoms with van der Waals surface area (Å²) < 4.78 is 0. The average molecular weight is 171 g/mol. The van der Waals surface area contributed by atoms with E-state index in [-0.39, 0.29) is 6.04 Å². The van der Waals surface area contributed by atoms with Crippen LogP contribution in [0.4, 0.5) is 0 Å². The Bertz CT molecular complexity index is 379. The highest BCUT2D eigenvalue weighted by Crippen LogP contribution is 2.21. The topological polar surface area (TPSA) is 39.4 Å². The van der Waals surface area contributed by atoms with Crippen LogP contribution in [0.25, 0.3) is 0 Å². The molecule has 0 N–H and O–H groups in total. The van der Waals surface area contributed by atoms with Gasteiger partial charge >= 0.3 is 0 Å². The Labute approximate surface area is 77.0 Å². The number of nitrogens with zero attached hydrogens (tertiary/aromatic N) is 3. The van der Waals surface area contributed by atoms with Crippen molar-refractivity contribution in [2.24, 2.45) is 4.99 Å². The molecule has 1 heterocycles. The highest BCUT2D eigenvalue weighted by Gasteiger charge is 2.21. The number of rotatable bonds is 0. The summed E-state index contributed by atoms with van der Waals surface area (Å²) in [6.07, 6.45) is 11.6. The van der Waals surface area contributed by atoms with Crippen LogP contribution in [0, 0.1) is 11.5 Å². The molecule has 13 heavy (non-hydrogen) atoms. The second-order valence-corrected chi connectivity index (χ2v) is 3.04. The van der Waals surface area contributed by atoms with Gasteiger partial charge in [0, 0.05) is 0 Å². The van der Waals surface area contributed by atoms with Crippen LogP contribution in [0.1, 0.15) is 6.92 Å². The van der Waals surface area contributed by atoms with E-state index in [0.29, 0.717) is 0 Å². The SMILES string of the molecule is CC1=CC=C2C(C=C1)N=CN2C#N. The third-order valence-electron chi connectivity index (χ3n) is 2.09. The fraction of sp³-hybridized carbons (Fsp3) is 0.200. The van der Waals surface area contributed by atoms with Crippen LogP contribution in [-0.4, -0.2) is 17.3 Å². The fourth-order valence-electron chi connectivity index (χ4n) is 1.35. The van der Waals surface area contributed by atoms with E-state index in [1.807, 2.05) is 31.2 Å². The minimum atomic E-state index is 0.0216. The van der Waals surface area contributed by atoms with Gasteiger partial charge in [0.15, 0.2) is 6.19 Å². The highest BCUT2D eigenvalue weighted by molar-refractivity contribution is 5.67. The Morgan fingerprint density at radius 1 is 1.54 bits per heavy atom. The molecule has 0 saturated carbocycles. The molecule has 2 rings (SSSR count). The number of hydrogen-bond acceptors (Lipinski definition) is 3. The third kappa shape index (κ3) is 1.27. The van der Waals surface area contributed by atoms with Gasteiger partial charge in [-0.2, -0.15) is 5.26 Å². The van der Waals surface area contributed by atoms with Crippen molar-refractivity contribution in [3.05, 3.63) is 35.6 Å². The van der Waals surface area contributed by atoms with Crippen LogP contribution in [0.3, 0.4) is 0 Å². The summed E-state index contributed by atoms with van der Waals surface area (Å²) in [5, 5.41) is 8.76. The molecule has 64 valence electrons. The smallest absolute Gasteiger partial charge is 0.189 e. The quantitative estimate of drug-likeness (QED) is 0.519. The van der Waals surface area contributed by atoms with Crippen molar-refractivity contribution < 1.29 is 0 Å². The first-order valence-corrected chi connectivity index (χ1v) is 4.10. The summed E-state index contributed by atoms with van der Waals surface area (Å²) in [6, 6.07) is 0.0216. The maximum absolute atomic E-state index is 8.76. The average Bonchev–Trinajstić information content (AvgIpc) is 2.45. The molecule has 2 aliphatic rings. The van der Waals surface area contributed by atoms with Crippen molar-refractivity contribution in [1.82, 2.24) is 4.90 Å². The Morgan fingerprint density at radius 2 is 2.38 bits per heavy atom. The lowest BCUT2D eigenvalue weighted by Crippen LogP contribution is -2.13. The van der Waals surface area contributed by atoms with Crippen LogP contribution in [-0.2, 0) is 0 Å². The van der Waals surface area contributed by atoms with Gasteiger partial charge in [-0.15, -0.1) is 0 Å². The minimum Gasteiger partial charge on any atom is -0.260 e. The summed E-state index contributed by atoms with van der Waals surface area (Å²) in [6.45, 7) is 2.02. The molecule has 0 aromatic carbocycles. The highest BCUT2D eigenvalue weighted by atomic mass is 15.2. The second kappa shape index (κ2) is 2.91. The van der Waals surface area contributed by atoms with E-state index in [1.54, 1.807) is 6.34 Å². The van der Waals surface area contributed by atoms with Gasteiger partial charge in [0.05, 0.1) is 5.70 Å². The molecule has 0 amide bonds. The van der Waals surface area contributed by atoms with Gasteiger partial charge in [-0.25, -0.2) is 4.90 Å². The molecule has 0 radical (unpaired) electrons. The molecule has 0 aromatic rings. The Kier molecular flexibility index (Phi) is 1.75. The lowest BCUT2D eigenvalue weighted by atomic mass is 10.2. The predicted molar refractivity (Wildman–Crippen MR) is 50.7 cm³/mol. The molecule has 3 nitrogen and oxygen atoms in total. The molecule has 0 aromatic heterocycles. The van der Waals surface area contributed by atoms with Gasteiger partial charge in [0.25, 0.3) is 0 Å². The Balaban J connectivity index is 2.39. The van der Waals surface area contributed by atoms with Crippen molar-refractivity contribution in [3.63, 3.8) is 0 Å². The largest absolute Gasteiger partial charge is 0.260 e. The van der Waals surface area contributed by atoms with E-state index in [4.69, 9.17) is 5.26 Å². The zero-order valence-corrected chi connectivity index (χ0v) is 7.31. The molecule has 1 atom stereocenters. The molecule has 0 saturated heterocycles. The normalized spacial score (nSPS) is 24.6. The molecule has 0 bridgehead atoms. The molecule has 1 unspecified atom stereocenters. The van der Waals surface area contributed by atoms with Gasteiger partial charge in [0.2, 0.25) is 0 Å². The van der Waals surface area contributed by atoms with Crippen LogP contribution in [0.5, 0.6) is 0 Å². The van der Waals surface area contributed by atoms with Gasteiger partial charge < -0.3 is 0 Å². The number of fused-ring (bicyclic) bond motifs is 1. The van der Waals surface area contributed by atoms with Crippen molar-refractivity contribution in [2.45, 2.75) is 13.0 Å². The molecular formula is C10H9N3. The van der Waals surface area contributed by atoms with E-state index < -0.39 is 0 Å². The number of nitriles is 1. The molecule has 1 aliphatic heterocycles. The van der Waals surface area contributed by atoms with E-state index in [2.05, 4.69) is 11.2 Å². The Morgan fingerprint density at radius 3 is 3.15 bits per heavy atom. The van der Waals surface area contributed by atoms with Crippen molar-refractivity contribution >= 4 is 6.34 Å². The first kappa shape index (κ1) is 7.81. The lowest BCUT2D eigenvalue weighted by molar-refractivity contribution is 0.721. The zero-order valence-electron chi connectivity index (χ0n) is 7.31. The van der Waals surface area contributed by atoms with Gasteiger partial charge in [-0.1, -0.05) is 23.8 Å². The Hall–Kier alpha value is -1.82. The minimum absolute atomic E-state index is 0.0216. The van der Waals surface area contributed by atoms with Gasteiger partial charge in [-0.3, -0.25) is 4.99 Å². The van der Waals surface area contributed by atoms with E-state index in [0.717, 1.165) is 5.70 Å². The molecular weight excluding hydrogens is 162 g/mol. The zero-order chi connectivity index (χ0) is 9.26. The van der Waals surface area contributed by atoms with Crippen LogP contribution < -0.4 is 0 Å². The van der Waals surface area contributed by atoms with Gasteiger partial charge in [-0.05, 0) is 13.0 Å².